The topological polar surface area (TPSA) is 43.8 Å². The zero-order valence-corrected chi connectivity index (χ0v) is 13.5. The molecule has 4 heteroatoms. The zero-order chi connectivity index (χ0) is 15.0. The molecule has 0 radical (unpaired) electrons. The van der Waals surface area contributed by atoms with Crippen molar-refractivity contribution in [2.75, 3.05) is 26.2 Å². The van der Waals surface area contributed by atoms with Crippen LogP contribution in [0.3, 0.4) is 0 Å². The van der Waals surface area contributed by atoms with Crippen LogP contribution < -0.4 is 0 Å². The number of carboxylic acid groups (broad SMARTS) is 1. The third-order valence-corrected chi connectivity index (χ3v) is 6.23. The molecule has 21 heavy (non-hydrogen) atoms. The van der Waals surface area contributed by atoms with Crippen LogP contribution in [-0.2, 0) is 4.79 Å². The van der Waals surface area contributed by atoms with Crippen molar-refractivity contribution < 1.29 is 9.90 Å². The van der Waals surface area contributed by atoms with Crippen LogP contribution in [0.5, 0.6) is 0 Å². The minimum atomic E-state index is -0.603. The summed E-state index contributed by atoms with van der Waals surface area (Å²) in [5.74, 6) is 0.924. The predicted molar refractivity (Wildman–Crippen MR) is 83.3 cm³/mol. The summed E-state index contributed by atoms with van der Waals surface area (Å²) in [4.78, 5) is 16.8. The first-order valence-corrected chi connectivity index (χ1v) is 8.86. The van der Waals surface area contributed by atoms with Gasteiger partial charge in [-0.05, 0) is 63.6 Å². The number of carbonyl (C=O) groups is 1. The SMILES string of the molecule is CCCN1CC2C3CCN(CC3)C2C1CC(CC)C(=O)O. The standard InChI is InChI=1S/C17H30N2O2/c1-3-7-19-11-14-13-5-8-18(9-6-13)16(14)15(19)10-12(4-2)17(20)21/h12-16H,3-11H2,1-2H3,(H,20,21). The lowest BCUT2D eigenvalue weighted by Gasteiger charge is -2.50. The predicted octanol–water partition coefficient (Wildman–Crippen LogP) is 2.29. The van der Waals surface area contributed by atoms with Crippen LogP contribution in [0.4, 0.5) is 0 Å². The van der Waals surface area contributed by atoms with Crippen molar-refractivity contribution in [1.29, 1.82) is 0 Å². The van der Waals surface area contributed by atoms with Crippen molar-refractivity contribution in [3.63, 3.8) is 0 Å². The van der Waals surface area contributed by atoms with Crippen LogP contribution in [0.15, 0.2) is 0 Å². The van der Waals surface area contributed by atoms with Gasteiger partial charge < -0.3 is 5.11 Å². The Morgan fingerprint density at radius 3 is 2.57 bits per heavy atom. The first-order valence-electron chi connectivity index (χ1n) is 8.86. The average molecular weight is 294 g/mol. The van der Waals surface area contributed by atoms with Crippen LogP contribution in [-0.4, -0.2) is 59.1 Å². The Hall–Kier alpha value is -0.610. The number of likely N-dealkylation sites (tertiary alicyclic amines) is 1. The van der Waals surface area contributed by atoms with Crippen molar-refractivity contribution in [3.05, 3.63) is 0 Å². The molecule has 4 rings (SSSR count). The van der Waals surface area contributed by atoms with E-state index in [0.717, 1.165) is 31.2 Å². The molecule has 4 heterocycles. The molecular formula is C17H30N2O2. The summed E-state index contributed by atoms with van der Waals surface area (Å²) in [6.07, 6.45) is 5.50. The van der Waals surface area contributed by atoms with Crippen LogP contribution in [0.25, 0.3) is 0 Å². The molecule has 0 saturated carbocycles. The molecule has 0 aromatic rings. The lowest BCUT2D eigenvalue weighted by Crippen LogP contribution is -2.57. The van der Waals surface area contributed by atoms with E-state index in [-0.39, 0.29) is 5.92 Å². The lowest BCUT2D eigenvalue weighted by atomic mass is 9.73. The highest BCUT2D eigenvalue weighted by Crippen LogP contribution is 2.45. The van der Waals surface area contributed by atoms with Crippen molar-refractivity contribution in [1.82, 2.24) is 9.80 Å². The molecule has 0 aliphatic carbocycles. The number of fused-ring (bicyclic) bond motifs is 2. The third-order valence-electron chi connectivity index (χ3n) is 6.23. The van der Waals surface area contributed by atoms with E-state index in [4.69, 9.17) is 0 Å². The van der Waals surface area contributed by atoms with Gasteiger partial charge in [-0.2, -0.15) is 0 Å². The summed E-state index contributed by atoms with van der Waals surface area (Å²) in [5, 5.41) is 9.45. The number of hydrogen-bond acceptors (Lipinski definition) is 3. The highest BCUT2D eigenvalue weighted by Gasteiger charge is 2.52. The summed E-state index contributed by atoms with van der Waals surface area (Å²) in [6.45, 7) is 9.08. The van der Waals surface area contributed by atoms with E-state index in [0.29, 0.717) is 12.1 Å². The first kappa shape index (κ1) is 15.3. The van der Waals surface area contributed by atoms with Gasteiger partial charge in [0, 0.05) is 18.6 Å². The van der Waals surface area contributed by atoms with E-state index in [1.165, 1.54) is 38.9 Å². The number of nitrogens with zero attached hydrogens (tertiary/aromatic N) is 2. The molecule has 4 nitrogen and oxygen atoms in total. The quantitative estimate of drug-likeness (QED) is 0.816. The molecular weight excluding hydrogens is 264 g/mol. The van der Waals surface area contributed by atoms with Gasteiger partial charge in [0.15, 0.2) is 0 Å². The second kappa shape index (κ2) is 6.25. The Morgan fingerprint density at radius 1 is 1.29 bits per heavy atom. The maximum atomic E-state index is 11.5. The van der Waals surface area contributed by atoms with Crippen molar-refractivity contribution in [2.45, 2.75) is 58.0 Å². The van der Waals surface area contributed by atoms with Crippen LogP contribution in [0.2, 0.25) is 0 Å². The molecule has 0 aromatic carbocycles. The van der Waals surface area contributed by atoms with Crippen molar-refractivity contribution in [2.24, 2.45) is 17.8 Å². The molecule has 4 aliphatic rings. The van der Waals surface area contributed by atoms with Crippen molar-refractivity contribution in [3.8, 4) is 0 Å². The Balaban J connectivity index is 1.78. The molecule has 120 valence electrons. The number of hydrogen-bond donors (Lipinski definition) is 1. The monoisotopic (exact) mass is 294 g/mol. The van der Waals surface area contributed by atoms with Crippen LogP contribution in [0.1, 0.15) is 46.0 Å². The average Bonchev–Trinajstić information content (AvgIpc) is 2.86. The molecule has 1 N–H and O–H groups in total. The number of piperidine rings is 3. The molecule has 2 bridgehead atoms. The first-order chi connectivity index (χ1) is 10.2. The maximum Gasteiger partial charge on any atom is 0.306 e. The molecule has 4 unspecified atom stereocenters. The highest BCUT2D eigenvalue weighted by molar-refractivity contribution is 5.69. The van der Waals surface area contributed by atoms with E-state index < -0.39 is 5.97 Å². The molecule has 0 spiro atoms. The third kappa shape index (κ3) is 2.72. The van der Waals surface area contributed by atoms with Crippen LogP contribution >= 0.6 is 0 Å². The second-order valence-corrected chi connectivity index (χ2v) is 7.27. The van der Waals surface area contributed by atoms with Gasteiger partial charge in [-0.25, -0.2) is 0 Å². The zero-order valence-electron chi connectivity index (χ0n) is 13.5. The summed E-state index contributed by atoms with van der Waals surface area (Å²) in [5.41, 5.74) is 0. The summed E-state index contributed by atoms with van der Waals surface area (Å²) >= 11 is 0. The minimum absolute atomic E-state index is 0.172. The Kier molecular flexibility index (Phi) is 4.55. The van der Waals surface area contributed by atoms with E-state index in [1.807, 2.05) is 6.92 Å². The molecule has 4 atom stereocenters. The molecule has 4 aliphatic heterocycles. The van der Waals surface area contributed by atoms with Gasteiger partial charge in [-0.15, -0.1) is 0 Å². The Labute approximate surface area is 128 Å². The number of carboxylic acids is 1. The molecule has 4 fully saturated rings. The van der Waals surface area contributed by atoms with Crippen molar-refractivity contribution >= 4 is 5.97 Å². The highest BCUT2D eigenvalue weighted by atomic mass is 16.4. The Bertz CT molecular complexity index is 379. The fraction of sp³-hybridized carbons (Fsp3) is 0.941. The van der Waals surface area contributed by atoms with E-state index in [1.54, 1.807) is 0 Å². The van der Waals surface area contributed by atoms with E-state index in [9.17, 15) is 9.90 Å². The summed E-state index contributed by atoms with van der Waals surface area (Å²) in [7, 11) is 0. The molecule has 0 amide bonds. The number of aliphatic carboxylic acids is 1. The minimum Gasteiger partial charge on any atom is -0.481 e. The van der Waals surface area contributed by atoms with Gasteiger partial charge in [-0.3, -0.25) is 14.6 Å². The second-order valence-electron chi connectivity index (χ2n) is 7.27. The summed E-state index contributed by atoms with van der Waals surface area (Å²) < 4.78 is 0. The van der Waals surface area contributed by atoms with Crippen LogP contribution in [0, 0.1) is 17.8 Å². The van der Waals surface area contributed by atoms with Gasteiger partial charge in [0.25, 0.3) is 0 Å². The van der Waals surface area contributed by atoms with Gasteiger partial charge >= 0.3 is 5.97 Å². The van der Waals surface area contributed by atoms with Gasteiger partial charge in [-0.1, -0.05) is 13.8 Å². The Morgan fingerprint density at radius 2 is 2.00 bits per heavy atom. The smallest absolute Gasteiger partial charge is 0.306 e. The van der Waals surface area contributed by atoms with Gasteiger partial charge in [0.1, 0.15) is 0 Å². The van der Waals surface area contributed by atoms with Gasteiger partial charge in [0.2, 0.25) is 0 Å². The van der Waals surface area contributed by atoms with Gasteiger partial charge in [0.05, 0.1) is 5.92 Å². The molecule has 0 aromatic heterocycles. The van der Waals surface area contributed by atoms with E-state index in [2.05, 4.69) is 16.7 Å². The lowest BCUT2D eigenvalue weighted by molar-refractivity contribution is -0.142. The maximum absolute atomic E-state index is 11.5. The number of rotatable bonds is 6. The summed E-state index contributed by atoms with van der Waals surface area (Å²) in [6, 6.07) is 1.11. The fourth-order valence-electron chi connectivity index (χ4n) is 5.17. The largest absolute Gasteiger partial charge is 0.481 e. The normalized spacial score (nSPS) is 40.2. The van der Waals surface area contributed by atoms with E-state index >= 15 is 0 Å². The fourth-order valence-corrected chi connectivity index (χ4v) is 5.17. The molecule has 4 saturated heterocycles.